The molecule has 4 nitrogen and oxygen atoms in total. The number of sulfone groups is 1. The highest BCUT2D eigenvalue weighted by molar-refractivity contribution is 7.90. The van der Waals surface area contributed by atoms with Gasteiger partial charge in [-0.05, 0) is 23.6 Å². The van der Waals surface area contributed by atoms with Crippen molar-refractivity contribution in [3.8, 4) is 11.1 Å². The molecule has 5 heteroatoms. The van der Waals surface area contributed by atoms with E-state index < -0.39 is 9.84 Å². The minimum Gasteiger partial charge on any atom is -0.350 e. The topological polar surface area (TPSA) is 63.2 Å². The lowest BCUT2D eigenvalue weighted by molar-refractivity contribution is -0.121. The summed E-state index contributed by atoms with van der Waals surface area (Å²) in [7, 11) is -3.12. The van der Waals surface area contributed by atoms with Crippen LogP contribution in [0.3, 0.4) is 0 Å². The van der Waals surface area contributed by atoms with Crippen molar-refractivity contribution in [2.45, 2.75) is 19.4 Å². The molecule has 1 N–H and O–H groups in total. The second-order valence-electron chi connectivity index (χ2n) is 5.66. The summed E-state index contributed by atoms with van der Waals surface area (Å²) in [6.45, 7) is 1.88. The predicted octanol–water partition coefficient (Wildman–Crippen LogP) is 2.97. The molecule has 0 saturated heterocycles. The maximum absolute atomic E-state index is 11.8. The molecule has 23 heavy (non-hydrogen) atoms. The summed E-state index contributed by atoms with van der Waals surface area (Å²) in [6, 6.07) is 17.9. The SMILES string of the molecule is CC(NC(=O)CCS(C)(=O)=O)c1ccc(-c2ccccc2)cc1. The van der Waals surface area contributed by atoms with Crippen LogP contribution >= 0.6 is 0 Å². The molecule has 0 radical (unpaired) electrons. The number of carbonyl (C=O) groups is 1. The number of hydrogen-bond acceptors (Lipinski definition) is 3. The molecule has 0 aliphatic heterocycles. The molecule has 0 bridgehead atoms. The van der Waals surface area contributed by atoms with Gasteiger partial charge in [-0.1, -0.05) is 54.6 Å². The molecular weight excluding hydrogens is 310 g/mol. The van der Waals surface area contributed by atoms with Gasteiger partial charge in [0, 0.05) is 12.7 Å². The van der Waals surface area contributed by atoms with Crippen LogP contribution in [0, 0.1) is 0 Å². The summed E-state index contributed by atoms with van der Waals surface area (Å²) < 4.78 is 22.2. The zero-order valence-corrected chi connectivity index (χ0v) is 14.1. The van der Waals surface area contributed by atoms with E-state index in [-0.39, 0.29) is 24.1 Å². The van der Waals surface area contributed by atoms with Gasteiger partial charge in [0.25, 0.3) is 0 Å². The van der Waals surface area contributed by atoms with E-state index in [1.54, 1.807) is 0 Å². The first-order valence-corrected chi connectivity index (χ1v) is 9.54. The standard InChI is InChI=1S/C18H21NO3S/c1-14(19-18(20)12-13-23(2,21)22)15-8-10-17(11-9-15)16-6-4-3-5-7-16/h3-11,14H,12-13H2,1-2H3,(H,19,20). The summed E-state index contributed by atoms with van der Waals surface area (Å²) in [6.07, 6.45) is 1.12. The Labute approximate surface area is 137 Å². The molecule has 2 aromatic carbocycles. The van der Waals surface area contributed by atoms with E-state index in [1.165, 1.54) is 0 Å². The van der Waals surface area contributed by atoms with Gasteiger partial charge in [0.1, 0.15) is 9.84 Å². The summed E-state index contributed by atoms with van der Waals surface area (Å²) in [5.74, 6) is -0.381. The van der Waals surface area contributed by atoms with Crippen LogP contribution in [0.25, 0.3) is 11.1 Å². The van der Waals surface area contributed by atoms with Gasteiger partial charge in [-0.3, -0.25) is 4.79 Å². The molecular formula is C18H21NO3S. The average Bonchev–Trinajstić information content (AvgIpc) is 2.53. The second-order valence-corrected chi connectivity index (χ2v) is 7.92. The highest BCUT2D eigenvalue weighted by atomic mass is 32.2. The average molecular weight is 331 g/mol. The fourth-order valence-electron chi connectivity index (χ4n) is 2.27. The van der Waals surface area contributed by atoms with Crippen LogP contribution in [0.2, 0.25) is 0 Å². The van der Waals surface area contributed by atoms with Gasteiger partial charge in [-0.2, -0.15) is 0 Å². The molecule has 0 aliphatic rings. The van der Waals surface area contributed by atoms with E-state index >= 15 is 0 Å². The number of carbonyl (C=O) groups excluding carboxylic acids is 1. The third-order valence-corrected chi connectivity index (χ3v) is 4.54. The van der Waals surface area contributed by atoms with Gasteiger partial charge in [0.2, 0.25) is 5.91 Å². The molecule has 1 unspecified atom stereocenters. The molecule has 2 aromatic rings. The van der Waals surface area contributed by atoms with Gasteiger partial charge in [0.05, 0.1) is 11.8 Å². The number of amides is 1. The normalized spacial score (nSPS) is 12.6. The number of benzene rings is 2. The van der Waals surface area contributed by atoms with Crippen LogP contribution in [0.4, 0.5) is 0 Å². The minimum absolute atomic E-state index is 0.00866. The molecule has 0 saturated carbocycles. The van der Waals surface area contributed by atoms with E-state index in [0.717, 1.165) is 22.9 Å². The summed E-state index contributed by atoms with van der Waals surface area (Å²) in [5.41, 5.74) is 3.24. The molecule has 0 aromatic heterocycles. The van der Waals surface area contributed by atoms with Crippen molar-refractivity contribution in [1.29, 1.82) is 0 Å². The van der Waals surface area contributed by atoms with Crippen LogP contribution in [-0.4, -0.2) is 26.3 Å². The highest BCUT2D eigenvalue weighted by Gasteiger charge is 2.12. The zero-order valence-electron chi connectivity index (χ0n) is 13.3. The lowest BCUT2D eigenvalue weighted by Gasteiger charge is -2.15. The largest absolute Gasteiger partial charge is 0.350 e. The van der Waals surface area contributed by atoms with Gasteiger partial charge in [-0.25, -0.2) is 8.42 Å². The van der Waals surface area contributed by atoms with Crippen LogP contribution in [0.5, 0.6) is 0 Å². The molecule has 1 amide bonds. The highest BCUT2D eigenvalue weighted by Crippen LogP contribution is 2.21. The van der Waals surface area contributed by atoms with Crippen LogP contribution in [0.15, 0.2) is 54.6 Å². The third-order valence-electron chi connectivity index (χ3n) is 3.60. The van der Waals surface area contributed by atoms with Gasteiger partial charge in [0.15, 0.2) is 0 Å². The molecule has 0 aliphatic carbocycles. The number of nitrogens with one attached hydrogen (secondary N) is 1. The number of rotatable bonds is 6. The molecule has 0 fully saturated rings. The van der Waals surface area contributed by atoms with Crippen molar-refractivity contribution in [2.24, 2.45) is 0 Å². The van der Waals surface area contributed by atoms with Crippen LogP contribution in [-0.2, 0) is 14.6 Å². The Kier molecular flexibility index (Phi) is 5.55. The Morgan fingerprint density at radius 3 is 2.13 bits per heavy atom. The monoisotopic (exact) mass is 331 g/mol. The maximum atomic E-state index is 11.8. The van der Waals surface area contributed by atoms with Crippen molar-refractivity contribution in [2.75, 3.05) is 12.0 Å². The minimum atomic E-state index is -3.12. The van der Waals surface area contributed by atoms with Crippen molar-refractivity contribution < 1.29 is 13.2 Å². The Hall–Kier alpha value is -2.14. The first-order chi connectivity index (χ1) is 10.8. The smallest absolute Gasteiger partial charge is 0.221 e. The Balaban J connectivity index is 1.98. The molecule has 1 atom stereocenters. The molecule has 122 valence electrons. The Bertz CT molecular complexity index is 753. The maximum Gasteiger partial charge on any atom is 0.221 e. The lowest BCUT2D eigenvalue weighted by Crippen LogP contribution is -2.28. The van der Waals surface area contributed by atoms with Crippen LogP contribution < -0.4 is 5.32 Å². The van der Waals surface area contributed by atoms with E-state index in [0.29, 0.717) is 0 Å². The fraction of sp³-hybridized carbons (Fsp3) is 0.278. The summed E-state index contributed by atoms with van der Waals surface area (Å²) in [4.78, 5) is 11.8. The first-order valence-electron chi connectivity index (χ1n) is 7.47. The van der Waals surface area contributed by atoms with Crippen molar-refractivity contribution in [3.05, 3.63) is 60.2 Å². The molecule has 0 spiro atoms. The van der Waals surface area contributed by atoms with Crippen molar-refractivity contribution >= 4 is 15.7 Å². The molecule has 0 heterocycles. The van der Waals surface area contributed by atoms with E-state index in [9.17, 15) is 13.2 Å². The molecule has 2 rings (SSSR count). The third kappa shape index (κ3) is 5.53. The van der Waals surface area contributed by atoms with Crippen molar-refractivity contribution in [3.63, 3.8) is 0 Å². The van der Waals surface area contributed by atoms with Crippen LogP contribution in [0.1, 0.15) is 24.9 Å². The number of hydrogen-bond donors (Lipinski definition) is 1. The summed E-state index contributed by atoms with van der Waals surface area (Å²) in [5, 5.41) is 2.82. The summed E-state index contributed by atoms with van der Waals surface area (Å²) >= 11 is 0. The van der Waals surface area contributed by atoms with E-state index in [2.05, 4.69) is 5.32 Å². The zero-order chi connectivity index (χ0) is 16.9. The van der Waals surface area contributed by atoms with Gasteiger partial charge < -0.3 is 5.32 Å². The van der Waals surface area contributed by atoms with Gasteiger partial charge in [-0.15, -0.1) is 0 Å². The Morgan fingerprint density at radius 2 is 1.57 bits per heavy atom. The van der Waals surface area contributed by atoms with Gasteiger partial charge >= 0.3 is 0 Å². The lowest BCUT2D eigenvalue weighted by atomic mass is 10.0. The fourth-order valence-corrected chi connectivity index (χ4v) is 2.83. The second kappa shape index (κ2) is 7.42. The van der Waals surface area contributed by atoms with Crippen molar-refractivity contribution in [1.82, 2.24) is 5.32 Å². The quantitative estimate of drug-likeness (QED) is 0.885. The van der Waals surface area contributed by atoms with E-state index in [4.69, 9.17) is 0 Å². The van der Waals surface area contributed by atoms with E-state index in [1.807, 2.05) is 61.5 Å². The predicted molar refractivity (Wildman–Crippen MR) is 92.8 cm³/mol. The Morgan fingerprint density at radius 1 is 1.00 bits per heavy atom. The first kappa shape index (κ1) is 17.2.